The lowest BCUT2D eigenvalue weighted by molar-refractivity contribution is 0.0979. The molecule has 0 saturated heterocycles. The summed E-state index contributed by atoms with van der Waals surface area (Å²) in [5.74, 6) is -0.514. The van der Waals surface area contributed by atoms with Crippen molar-refractivity contribution in [3.63, 3.8) is 0 Å². The molecule has 26 heavy (non-hydrogen) atoms. The summed E-state index contributed by atoms with van der Waals surface area (Å²) in [6, 6.07) is 12.9. The Morgan fingerprint density at radius 3 is 1.31 bits per heavy atom. The van der Waals surface area contributed by atoms with E-state index in [0.717, 1.165) is 0 Å². The zero-order valence-corrected chi connectivity index (χ0v) is 15.9. The first-order valence-electron chi connectivity index (χ1n) is 7.21. The van der Waals surface area contributed by atoms with Gasteiger partial charge in [-0.15, -0.1) is 10.2 Å². The van der Waals surface area contributed by atoms with E-state index < -0.39 is 0 Å². The molecule has 130 valence electrons. The number of aromatic nitrogens is 2. The normalized spacial score (nSPS) is 12.0. The number of rotatable bonds is 0. The fraction of sp³-hybridized carbons (Fsp3) is 0. The average Bonchev–Trinajstić information content (AvgIpc) is 2.64. The Balaban J connectivity index is 0.000000206. The number of hydrogen-bond acceptors (Lipinski definition) is 4. The summed E-state index contributed by atoms with van der Waals surface area (Å²) < 4.78 is 0. The van der Waals surface area contributed by atoms with E-state index >= 15 is 0 Å². The molecule has 1 heterocycles. The van der Waals surface area contributed by atoms with Crippen LogP contribution < -0.4 is 0 Å². The molecule has 1 aromatic heterocycles. The highest BCUT2D eigenvalue weighted by molar-refractivity contribution is 6.43. The quantitative estimate of drug-likeness (QED) is 0.370. The first-order chi connectivity index (χ1) is 12.4. The van der Waals surface area contributed by atoms with Crippen molar-refractivity contribution in [2.75, 3.05) is 0 Å². The van der Waals surface area contributed by atoms with E-state index in [1.165, 1.54) is 12.1 Å². The van der Waals surface area contributed by atoms with Crippen molar-refractivity contribution in [1.29, 1.82) is 0 Å². The minimum atomic E-state index is -0.257. The van der Waals surface area contributed by atoms with Gasteiger partial charge < -0.3 is 0 Å². The van der Waals surface area contributed by atoms with Gasteiger partial charge in [0.05, 0.1) is 21.2 Å². The van der Waals surface area contributed by atoms with Gasteiger partial charge in [0.15, 0.2) is 21.9 Å². The highest BCUT2D eigenvalue weighted by Crippen LogP contribution is 2.35. The zero-order chi connectivity index (χ0) is 18.8. The third-order valence-corrected chi connectivity index (χ3v) is 4.61. The van der Waals surface area contributed by atoms with Crippen LogP contribution in [0.2, 0.25) is 20.4 Å². The Hall–Kier alpha value is -1.98. The lowest BCUT2D eigenvalue weighted by Gasteiger charge is -2.19. The van der Waals surface area contributed by atoms with Crippen LogP contribution in [0.4, 0.5) is 0 Å². The van der Waals surface area contributed by atoms with E-state index in [9.17, 15) is 9.59 Å². The molecule has 0 atom stereocenters. The lowest BCUT2D eigenvalue weighted by Crippen LogP contribution is -2.21. The number of benzene rings is 2. The number of ketones is 2. The summed E-state index contributed by atoms with van der Waals surface area (Å²) in [6.45, 7) is 0. The van der Waals surface area contributed by atoms with Crippen LogP contribution >= 0.6 is 46.4 Å². The Kier molecular flexibility index (Phi) is 5.58. The molecule has 4 nitrogen and oxygen atoms in total. The summed E-state index contributed by atoms with van der Waals surface area (Å²) in [5, 5.41) is 8.14. The predicted molar refractivity (Wildman–Crippen MR) is 102 cm³/mol. The van der Waals surface area contributed by atoms with Gasteiger partial charge in [0, 0.05) is 11.1 Å². The highest BCUT2D eigenvalue weighted by Gasteiger charge is 2.32. The van der Waals surface area contributed by atoms with E-state index in [2.05, 4.69) is 10.2 Å². The molecule has 8 heteroatoms. The SMILES string of the molecule is Clc1ccc(Cl)nn1.O=C1c2ccccc2C(=O)c2c(Cl)ccc(Cl)c21. The molecule has 0 amide bonds. The second-order valence-electron chi connectivity index (χ2n) is 5.16. The summed E-state index contributed by atoms with van der Waals surface area (Å²) in [4.78, 5) is 24.7. The molecule has 0 radical (unpaired) electrons. The molecule has 0 N–H and O–H groups in total. The van der Waals surface area contributed by atoms with Gasteiger partial charge in [0.2, 0.25) is 0 Å². The average molecular weight is 426 g/mol. The molecule has 0 saturated carbocycles. The van der Waals surface area contributed by atoms with E-state index in [1.54, 1.807) is 36.4 Å². The maximum atomic E-state index is 12.3. The van der Waals surface area contributed by atoms with Crippen molar-refractivity contribution in [1.82, 2.24) is 10.2 Å². The molecule has 2 aromatic carbocycles. The lowest BCUT2D eigenvalue weighted by atomic mass is 9.84. The topological polar surface area (TPSA) is 59.9 Å². The number of hydrogen-bond donors (Lipinski definition) is 0. The summed E-state index contributed by atoms with van der Waals surface area (Å²) in [6.07, 6.45) is 0. The number of halogens is 4. The molecule has 1 aliphatic rings. The van der Waals surface area contributed by atoms with Crippen LogP contribution in [0, 0.1) is 0 Å². The summed E-state index contributed by atoms with van der Waals surface area (Å²) in [5.41, 5.74) is 1.15. The van der Waals surface area contributed by atoms with Gasteiger partial charge >= 0.3 is 0 Å². The smallest absolute Gasteiger partial charge is 0.196 e. The van der Waals surface area contributed by atoms with Crippen molar-refractivity contribution in [2.45, 2.75) is 0 Å². The predicted octanol–water partition coefficient (Wildman–Crippen LogP) is 5.55. The first-order valence-corrected chi connectivity index (χ1v) is 8.72. The summed E-state index contributed by atoms with van der Waals surface area (Å²) in [7, 11) is 0. The highest BCUT2D eigenvalue weighted by atomic mass is 35.5. The maximum Gasteiger partial charge on any atom is 0.196 e. The molecule has 0 spiro atoms. The van der Waals surface area contributed by atoms with Gasteiger partial charge in [-0.05, 0) is 24.3 Å². The van der Waals surface area contributed by atoms with Gasteiger partial charge in [-0.3, -0.25) is 9.59 Å². The Morgan fingerprint density at radius 2 is 0.962 bits per heavy atom. The molecule has 3 aromatic rings. The van der Waals surface area contributed by atoms with Crippen LogP contribution in [0.3, 0.4) is 0 Å². The minimum Gasteiger partial charge on any atom is -0.289 e. The molecule has 0 fully saturated rings. The third kappa shape index (κ3) is 3.60. The fourth-order valence-electron chi connectivity index (χ4n) is 2.44. The minimum absolute atomic E-state index is 0.202. The second kappa shape index (κ2) is 7.72. The van der Waals surface area contributed by atoms with Crippen LogP contribution in [-0.2, 0) is 0 Å². The van der Waals surface area contributed by atoms with Crippen LogP contribution in [0.5, 0.6) is 0 Å². The summed E-state index contributed by atoms with van der Waals surface area (Å²) >= 11 is 22.8. The van der Waals surface area contributed by atoms with Gasteiger partial charge in [-0.1, -0.05) is 70.7 Å². The van der Waals surface area contributed by atoms with Crippen molar-refractivity contribution >= 4 is 58.0 Å². The van der Waals surface area contributed by atoms with Gasteiger partial charge in [0.25, 0.3) is 0 Å². The molecule has 0 bridgehead atoms. The van der Waals surface area contributed by atoms with Gasteiger partial charge in [-0.2, -0.15) is 0 Å². The van der Waals surface area contributed by atoms with E-state index in [-0.39, 0.29) is 32.7 Å². The van der Waals surface area contributed by atoms with Crippen LogP contribution in [0.1, 0.15) is 31.8 Å². The van der Waals surface area contributed by atoms with E-state index in [4.69, 9.17) is 46.4 Å². The number of nitrogens with zero attached hydrogens (tertiary/aromatic N) is 2. The van der Waals surface area contributed by atoms with Crippen LogP contribution in [0.15, 0.2) is 48.5 Å². The second-order valence-corrected chi connectivity index (χ2v) is 6.75. The number of carbonyl (C=O) groups excluding carboxylic acids is 2. The molecule has 0 aliphatic heterocycles. The first kappa shape index (κ1) is 18.8. The maximum absolute atomic E-state index is 12.3. The third-order valence-electron chi connectivity index (χ3n) is 3.57. The number of carbonyl (C=O) groups is 2. The number of fused-ring (bicyclic) bond motifs is 2. The van der Waals surface area contributed by atoms with E-state index in [0.29, 0.717) is 21.4 Å². The van der Waals surface area contributed by atoms with Gasteiger partial charge in [0.1, 0.15) is 0 Å². The molecule has 1 aliphatic carbocycles. The van der Waals surface area contributed by atoms with Crippen molar-refractivity contribution in [3.8, 4) is 0 Å². The molecule has 4 rings (SSSR count). The van der Waals surface area contributed by atoms with Crippen molar-refractivity contribution < 1.29 is 9.59 Å². The molecular weight excluding hydrogens is 418 g/mol. The van der Waals surface area contributed by atoms with Crippen LogP contribution in [-0.4, -0.2) is 21.8 Å². The Bertz CT molecular complexity index is 939. The van der Waals surface area contributed by atoms with Crippen LogP contribution in [0.25, 0.3) is 0 Å². The van der Waals surface area contributed by atoms with Gasteiger partial charge in [-0.25, -0.2) is 0 Å². The Morgan fingerprint density at radius 1 is 0.577 bits per heavy atom. The zero-order valence-electron chi connectivity index (χ0n) is 12.8. The molecular formula is C18H8Cl4N2O2. The van der Waals surface area contributed by atoms with E-state index in [1.807, 2.05) is 0 Å². The monoisotopic (exact) mass is 424 g/mol. The van der Waals surface area contributed by atoms with Crippen molar-refractivity contribution in [3.05, 3.63) is 91.1 Å². The standard InChI is InChI=1S/C14H6Cl2O2.C4H2Cl2N2/c15-9-5-6-10(16)12-11(9)13(17)7-3-1-2-4-8(7)14(12)18;5-3-1-2-4(6)8-7-3/h1-6H;1-2H. The fourth-order valence-corrected chi connectivity index (χ4v) is 3.13. The molecule has 0 unspecified atom stereocenters. The van der Waals surface area contributed by atoms with Crippen molar-refractivity contribution in [2.24, 2.45) is 0 Å². The Labute approximate surface area is 168 Å². The largest absolute Gasteiger partial charge is 0.289 e.